The first-order valence-corrected chi connectivity index (χ1v) is 4.37. The Labute approximate surface area is 76.8 Å². The SMILES string of the molecule is N#Cc1cnncc1N1CCCC1. The summed E-state index contributed by atoms with van der Waals surface area (Å²) in [6.07, 6.45) is 5.60. The van der Waals surface area contributed by atoms with Crippen LogP contribution in [0.15, 0.2) is 12.4 Å². The molecular formula is C9H10N4. The number of nitriles is 1. The van der Waals surface area contributed by atoms with Crippen LogP contribution < -0.4 is 4.90 Å². The highest BCUT2D eigenvalue weighted by Crippen LogP contribution is 2.21. The van der Waals surface area contributed by atoms with Crippen LogP contribution in [0.4, 0.5) is 5.69 Å². The fourth-order valence-corrected chi connectivity index (χ4v) is 1.61. The zero-order chi connectivity index (χ0) is 9.10. The molecule has 2 rings (SSSR count). The first kappa shape index (κ1) is 7.99. The van der Waals surface area contributed by atoms with E-state index in [0.717, 1.165) is 18.8 Å². The average Bonchev–Trinajstić information content (AvgIpc) is 2.70. The minimum atomic E-state index is 0.622. The second kappa shape index (κ2) is 3.40. The van der Waals surface area contributed by atoms with E-state index in [1.165, 1.54) is 19.0 Å². The Bertz CT molecular complexity index is 336. The third-order valence-corrected chi connectivity index (χ3v) is 2.28. The Kier molecular flexibility index (Phi) is 2.09. The van der Waals surface area contributed by atoms with Gasteiger partial charge in [-0.1, -0.05) is 0 Å². The number of rotatable bonds is 1. The second-order valence-corrected chi connectivity index (χ2v) is 3.09. The molecule has 0 radical (unpaired) electrons. The topological polar surface area (TPSA) is 52.8 Å². The molecule has 0 unspecified atom stereocenters. The summed E-state index contributed by atoms with van der Waals surface area (Å²) in [4.78, 5) is 2.19. The molecule has 0 bridgehead atoms. The molecule has 4 nitrogen and oxygen atoms in total. The van der Waals surface area contributed by atoms with Gasteiger partial charge in [0.2, 0.25) is 0 Å². The van der Waals surface area contributed by atoms with Crippen molar-refractivity contribution in [1.29, 1.82) is 5.26 Å². The summed E-state index contributed by atoms with van der Waals surface area (Å²) in [5.74, 6) is 0. The molecule has 1 aromatic rings. The molecule has 0 aromatic carbocycles. The van der Waals surface area contributed by atoms with Crippen molar-refractivity contribution in [2.24, 2.45) is 0 Å². The molecule has 4 heteroatoms. The van der Waals surface area contributed by atoms with Crippen LogP contribution in [0.1, 0.15) is 18.4 Å². The molecule has 1 aliphatic heterocycles. The zero-order valence-electron chi connectivity index (χ0n) is 7.27. The van der Waals surface area contributed by atoms with E-state index in [2.05, 4.69) is 21.2 Å². The molecule has 2 heterocycles. The maximum Gasteiger partial charge on any atom is 0.103 e. The highest BCUT2D eigenvalue weighted by Gasteiger charge is 2.15. The van der Waals surface area contributed by atoms with Crippen LogP contribution in [0.2, 0.25) is 0 Å². The van der Waals surface area contributed by atoms with Gasteiger partial charge in [0.1, 0.15) is 6.07 Å². The van der Waals surface area contributed by atoms with Crippen molar-refractivity contribution in [3.05, 3.63) is 18.0 Å². The van der Waals surface area contributed by atoms with Gasteiger partial charge in [0, 0.05) is 13.1 Å². The summed E-state index contributed by atoms with van der Waals surface area (Å²) in [6.45, 7) is 2.06. The Morgan fingerprint density at radius 2 is 1.92 bits per heavy atom. The molecule has 13 heavy (non-hydrogen) atoms. The van der Waals surface area contributed by atoms with E-state index in [1.54, 1.807) is 6.20 Å². The Morgan fingerprint density at radius 1 is 1.23 bits per heavy atom. The molecule has 66 valence electrons. The molecule has 0 N–H and O–H groups in total. The number of hydrogen-bond donors (Lipinski definition) is 0. The van der Waals surface area contributed by atoms with Crippen LogP contribution in [-0.2, 0) is 0 Å². The van der Waals surface area contributed by atoms with Crippen molar-refractivity contribution >= 4 is 5.69 Å². The van der Waals surface area contributed by atoms with Gasteiger partial charge in [-0.15, -0.1) is 0 Å². The van der Waals surface area contributed by atoms with Crippen molar-refractivity contribution in [3.63, 3.8) is 0 Å². The van der Waals surface area contributed by atoms with Gasteiger partial charge in [0.15, 0.2) is 0 Å². The van der Waals surface area contributed by atoms with Gasteiger partial charge < -0.3 is 4.90 Å². The van der Waals surface area contributed by atoms with Gasteiger partial charge >= 0.3 is 0 Å². The van der Waals surface area contributed by atoms with Gasteiger partial charge in [-0.3, -0.25) is 0 Å². The van der Waals surface area contributed by atoms with Crippen molar-refractivity contribution in [1.82, 2.24) is 10.2 Å². The lowest BCUT2D eigenvalue weighted by Gasteiger charge is -2.17. The predicted octanol–water partition coefficient (Wildman–Crippen LogP) is 0.948. The summed E-state index contributed by atoms with van der Waals surface area (Å²) in [6, 6.07) is 2.13. The second-order valence-electron chi connectivity index (χ2n) is 3.09. The quantitative estimate of drug-likeness (QED) is 0.636. The fraction of sp³-hybridized carbons (Fsp3) is 0.444. The van der Waals surface area contributed by atoms with Crippen LogP contribution in [0.5, 0.6) is 0 Å². The van der Waals surface area contributed by atoms with E-state index in [1.807, 2.05) is 0 Å². The van der Waals surface area contributed by atoms with Gasteiger partial charge in [-0.2, -0.15) is 15.5 Å². The lowest BCUT2D eigenvalue weighted by Crippen LogP contribution is -2.19. The first-order valence-electron chi connectivity index (χ1n) is 4.37. The minimum absolute atomic E-state index is 0.622. The number of anilines is 1. The molecule has 1 aliphatic rings. The molecule has 0 atom stereocenters. The monoisotopic (exact) mass is 174 g/mol. The molecule has 1 fully saturated rings. The smallest absolute Gasteiger partial charge is 0.103 e. The van der Waals surface area contributed by atoms with Gasteiger partial charge in [0.05, 0.1) is 23.6 Å². The highest BCUT2D eigenvalue weighted by molar-refractivity contribution is 5.56. The molecule has 0 saturated carbocycles. The molecular weight excluding hydrogens is 164 g/mol. The van der Waals surface area contributed by atoms with E-state index in [4.69, 9.17) is 5.26 Å². The Balaban J connectivity index is 2.33. The van der Waals surface area contributed by atoms with Crippen LogP contribution in [0.25, 0.3) is 0 Å². The summed E-state index contributed by atoms with van der Waals surface area (Å²) in [5.41, 5.74) is 1.55. The minimum Gasteiger partial charge on any atom is -0.369 e. The molecule has 1 aromatic heterocycles. The molecule has 0 spiro atoms. The van der Waals surface area contributed by atoms with Crippen molar-refractivity contribution in [2.45, 2.75) is 12.8 Å². The van der Waals surface area contributed by atoms with Gasteiger partial charge in [-0.25, -0.2) is 0 Å². The maximum absolute atomic E-state index is 8.83. The lowest BCUT2D eigenvalue weighted by molar-refractivity contribution is 0.931. The fourth-order valence-electron chi connectivity index (χ4n) is 1.61. The number of hydrogen-bond acceptors (Lipinski definition) is 4. The number of nitrogens with zero attached hydrogens (tertiary/aromatic N) is 4. The van der Waals surface area contributed by atoms with Crippen LogP contribution >= 0.6 is 0 Å². The zero-order valence-corrected chi connectivity index (χ0v) is 7.27. The molecule has 0 aliphatic carbocycles. The molecule has 1 saturated heterocycles. The Morgan fingerprint density at radius 3 is 2.62 bits per heavy atom. The van der Waals surface area contributed by atoms with Crippen molar-refractivity contribution < 1.29 is 0 Å². The van der Waals surface area contributed by atoms with E-state index < -0.39 is 0 Å². The van der Waals surface area contributed by atoms with Gasteiger partial charge in [0.25, 0.3) is 0 Å². The van der Waals surface area contributed by atoms with E-state index >= 15 is 0 Å². The van der Waals surface area contributed by atoms with Crippen molar-refractivity contribution in [3.8, 4) is 6.07 Å². The van der Waals surface area contributed by atoms with E-state index in [-0.39, 0.29) is 0 Å². The predicted molar refractivity (Wildman–Crippen MR) is 48.2 cm³/mol. The third kappa shape index (κ3) is 1.45. The van der Waals surface area contributed by atoms with E-state index in [0.29, 0.717) is 5.56 Å². The maximum atomic E-state index is 8.83. The summed E-state index contributed by atoms with van der Waals surface area (Å²) in [5, 5.41) is 16.3. The van der Waals surface area contributed by atoms with Crippen LogP contribution in [0.3, 0.4) is 0 Å². The summed E-state index contributed by atoms with van der Waals surface area (Å²) >= 11 is 0. The highest BCUT2D eigenvalue weighted by atomic mass is 15.2. The lowest BCUT2D eigenvalue weighted by atomic mass is 10.2. The Hall–Kier alpha value is -1.63. The van der Waals surface area contributed by atoms with Gasteiger partial charge in [-0.05, 0) is 12.8 Å². The normalized spacial score (nSPS) is 15.8. The van der Waals surface area contributed by atoms with E-state index in [9.17, 15) is 0 Å². The van der Waals surface area contributed by atoms with Crippen molar-refractivity contribution in [2.75, 3.05) is 18.0 Å². The standard InChI is InChI=1S/C9H10N4/c10-5-8-6-11-12-7-9(8)13-3-1-2-4-13/h6-7H,1-4H2. The number of aromatic nitrogens is 2. The van der Waals surface area contributed by atoms with Crippen LogP contribution in [-0.4, -0.2) is 23.3 Å². The molecule has 0 amide bonds. The first-order chi connectivity index (χ1) is 6.42. The summed E-state index contributed by atoms with van der Waals surface area (Å²) in [7, 11) is 0. The summed E-state index contributed by atoms with van der Waals surface area (Å²) < 4.78 is 0. The largest absolute Gasteiger partial charge is 0.369 e. The average molecular weight is 174 g/mol. The van der Waals surface area contributed by atoms with Crippen LogP contribution in [0, 0.1) is 11.3 Å². The third-order valence-electron chi connectivity index (χ3n) is 2.28.